The third-order valence-corrected chi connectivity index (χ3v) is 4.86. The van der Waals surface area contributed by atoms with E-state index in [0.29, 0.717) is 21.2 Å². The molecule has 2 aromatic carbocycles. The molecule has 0 unspecified atom stereocenters. The van der Waals surface area contributed by atoms with Crippen LogP contribution in [0.25, 0.3) is 0 Å². The molecule has 24 heavy (non-hydrogen) atoms. The number of hydrogen-bond donors (Lipinski definition) is 0. The van der Waals surface area contributed by atoms with Gasteiger partial charge < -0.3 is 9.47 Å². The Morgan fingerprint density at radius 1 is 1.29 bits per heavy atom. The minimum absolute atomic E-state index is 0.130. The number of nitriles is 1. The van der Waals surface area contributed by atoms with Crippen LogP contribution in [0, 0.1) is 20.7 Å². The third kappa shape index (κ3) is 4.53. The molecule has 0 saturated carbocycles. The van der Waals surface area contributed by atoms with Gasteiger partial charge in [-0.1, -0.05) is 0 Å². The van der Waals surface area contributed by atoms with Gasteiger partial charge >= 0.3 is 5.97 Å². The highest BCUT2D eigenvalue weighted by atomic mass is 127. The average Bonchev–Trinajstić information content (AvgIpc) is 2.58. The molecule has 2 rings (SSSR count). The molecular weight excluding hydrogens is 492 g/mol. The first-order valence-electron chi connectivity index (χ1n) is 6.78. The highest BCUT2D eigenvalue weighted by Crippen LogP contribution is 2.23. The van der Waals surface area contributed by atoms with Crippen LogP contribution in [0.15, 0.2) is 34.8 Å². The lowest BCUT2D eigenvalue weighted by molar-refractivity contribution is 0.0590. The Morgan fingerprint density at radius 3 is 2.67 bits per heavy atom. The molecule has 0 aliphatic rings. The second-order valence-corrected chi connectivity index (χ2v) is 6.84. The van der Waals surface area contributed by atoms with Gasteiger partial charge in [0, 0.05) is 3.57 Å². The number of halogens is 3. The van der Waals surface area contributed by atoms with Gasteiger partial charge in [-0.15, -0.1) is 0 Å². The second kappa shape index (κ2) is 8.55. The maximum Gasteiger partial charge on any atom is 0.338 e. The quantitative estimate of drug-likeness (QED) is 0.341. The van der Waals surface area contributed by atoms with Crippen molar-refractivity contribution in [3.05, 3.63) is 66.4 Å². The number of ether oxygens (including phenoxy) is 2. The van der Waals surface area contributed by atoms with Crippen molar-refractivity contribution in [2.24, 2.45) is 0 Å². The molecule has 0 aliphatic carbocycles. The largest absolute Gasteiger partial charge is 0.465 e. The van der Waals surface area contributed by atoms with E-state index in [9.17, 15) is 9.18 Å². The summed E-state index contributed by atoms with van der Waals surface area (Å²) in [5.41, 5.74) is 2.17. The standard InChI is InChI=1S/C17H12BrFINO3/c1-23-17(22)13-3-2-10(7-21)4-11(13)8-24-9-12-5-14(18)15(19)6-16(12)20/h2-6H,8-9H2,1H3. The van der Waals surface area contributed by atoms with Crippen LogP contribution in [-0.2, 0) is 22.7 Å². The lowest BCUT2D eigenvalue weighted by Crippen LogP contribution is -2.08. The third-order valence-electron chi connectivity index (χ3n) is 3.24. The number of methoxy groups -OCH3 is 1. The molecule has 2 aromatic rings. The van der Waals surface area contributed by atoms with Crippen LogP contribution >= 0.6 is 38.5 Å². The number of nitrogens with zero attached hydrogens (tertiary/aromatic N) is 1. The van der Waals surface area contributed by atoms with Gasteiger partial charge in [-0.05, 0) is 80.0 Å². The average molecular weight is 504 g/mol. The predicted molar refractivity (Wildman–Crippen MR) is 97.8 cm³/mol. The molecule has 0 aliphatic heterocycles. The van der Waals surface area contributed by atoms with Gasteiger partial charge in [-0.25, -0.2) is 9.18 Å². The van der Waals surface area contributed by atoms with Gasteiger partial charge in [0.15, 0.2) is 0 Å². The molecule has 124 valence electrons. The van der Waals surface area contributed by atoms with Crippen molar-refractivity contribution in [3.63, 3.8) is 0 Å². The molecule has 0 amide bonds. The number of esters is 1. The normalized spacial score (nSPS) is 10.3. The Bertz CT molecular complexity index is 820. The van der Waals surface area contributed by atoms with Gasteiger partial charge in [0.05, 0.1) is 42.0 Å². The fourth-order valence-corrected chi connectivity index (χ4v) is 3.01. The van der Waals surface area contributed by atoms with Gasteiger partial charge in [-0.2, -0.15) is 5.26 Å². The summed E-state index contributed by atoms with van der Waals surface area (Å²) in [4.78, 5) is 11.8. The van der Waals surface area contributed by atoms with Crippen molar-refractivity contribution in [1.82, 2.24) is 0 Å². The Labute approximate surface area is 160 Å². The van der Waals surface area contributed by atoms with E-state index in [1.165, 1.54) is 13.2 Å². The molecule has 0 spiro atoms. The fraction of sp³-hybridized carbons (Fsp3) is 0.176. The summed E-state index contributed by atoms with van der Waals surface area (Å²) in [5, 5.41) is 9.00. The number of hydrogen-bond acceptors (Lipinski definition) is 4. The van der Waals surface area contributed by atoms with Gasteiger partial charge in [0.1, 0.15) is 5.82 Å². The minimum Gasteiger partial charge on any atom is -0.465 e. The van der Waals surface area contributed by atoms with Crippen LogP contribution in [0.1, 0.15) is 27.0 Å². The lowest BCUT2D eigenvalue weighted by Gasteiger charge is -2.11. The van der Waals surface area contributed by atoms with Crippen molar-refractivity contribution in [1.29, 1.82) is 5.26 Å². The topological polar surface area (TPSA) is 59.3 Å². The molecule has 4 nitrogen and oxygen atoms in total. The van der Waals surface area contributed by atoms with E-state index in [-0.39, 0.29) is 19.0 Å². The molecule has 0 aromatic heterocycles. The van der Waals surface area contributed by atoms with Crippen molar-refractivity contribution in [2.75, 3.05) is 7.11 Å². The maximum absolute atomic E-state index is 13.4. The molecular formula is C17H12BrFINO3. The predicted octanol–water partition coefficient (Wildman–Crippen LogP) is 4.57. The first-order valence-corrected chi connectivity index (χ1v) is 8.66. The smallest absolute Gasteiger partial charge is 0.338 e. The maximum atomic E-state index is 13.4. The summed E-state index contributed by atoms with van der Waals surface area (Å²) in [5.74, 6) is -0.824. The molecule has 0 N–H and O–H groups in total. The number of rotatable bonds is 5. The van der Waals surface area contributed by atoms with E-state index in [2.05, 4.69) is 15.9 Å². The number of carbonyl (C=O) groups is 1. The van der Waals surface area contributed by atoms with E-state index in [4.69, 9.17) is 14.7 Å². The molecule has 7 heteroatoms. The zero-order valence-electron chi connectivity index (χ0n) is 12.6. The summed E-state index contributed by atoms with van der Waals surface area (Å²) >= 11 is 5.18. The summed E-state index contributed by atoms with van der Waals surface area (Å²) in [6.45, 7) is 0.375. The molecule has 0 fully saturated rings. The molecule has 0 atom stereocenters. The van der Waals surface area contributed by atoms with Crippen molar-refractivity contribution in [2.45, 2.75) is 13.2 Å². The van der Waals surface area contributed by atoms with Gasteiger partial charge in [0.2, 0.25) is 0 Å². The number of carbonyl (C=O) groups excluding carboxylic acids is 1. The van der Waals surface area contributed by atoms with E-state index in [1.54, 1.807) is 24.3 Å². The fourth-order valence-electron chi connectivity index (χ4n) is 2.04. The Balaban J connectivity index is 2.16. The molecule has 0 saturated heterocycles. The van der Waals surface area contributed by atoms with Crippen LogP contribution in [0.5, 0.6) is 0 Å². The van der Waals surface area contributed by atoms with Crippen molar-refractivity contribution in [3.8, 4) is 6.07 Å². The van der Waals surface area contributed by atoms with Crippen LogP contribution in [0.2, 0.25) is 0 Å². The van der Waals surface area contributed by atoms with Crippen LogP contribution in [0.3, 0.4) is 0 Å². The number of benzene rings is 2. The first kappa shape index (κ1) is 18.8. The van der Waals surface area contributed by atoms with Gasteiger partial charge in [-0.3, -0.25) is 0 Å². The van der Waals surface area contributed by atoms with Crippen LogP contribution in [-0.4, -0.2) is 13.1 Å². The Hall–Kier alpha value is -1.50. The zero-order valence-corrected chi connectivity index (χ0v) is 16.4. The Morgan fingerprint density at radius 2 is 2.00 bits per heavy atom. The first-order chi connectivity index (χ1) is 11.5. The zero-order chi connectivity index (χ0) is 17.7. The SMILES string of the molecule is COC(=O)c1ccc(C#N)cc1COCc1cc(Br)c(F)cc1I. The van der Waals surface area contributed by atoms with Gasteiger partial charge in [0.25, 0.3) is 0 Å². The monoisotopic (exact) mass is 503 g/mol. The van der Waals surface area contributed by atoms with Crippen LogP contribution < -0.4 is 0 Å². The van der Waals surface area contributed by atoms with E-state index >= 15 is 0 Å². The van der Waals surface area contributed by atoms with Crippen LogP contribution in [0.4, 0.5) is 4.39 Å². The summed E-state index contributed by atoms with van der Waals surface area (Å²) in [6.07, 6.45) is 0. The summed E-state index contributed by atoms with van der Waals surface area (Å²) in [7, 11) is 1.30. The van der Waals surface area contributed by atoms with E-state index < -0.39 is 5.97 Å². The Kier molecular flexibility index (Phi) is 6.71. The lowest BCUT2D eigenvalue weighted by atomic mass is 10.0. The summed E-state index contributed by atoms with van der Waals surface area (Å²) < 4.78 is 24.9. The minimum atomic E-state index is -0.489. The van der Waals surface area contributed by atoms with E-state index in [1.807, 2.05) is 28.7 Å². The second-order valence-electron chi connectivity index (χ2n) is 4.83. The summed E-state index contributed by atoms with van der Waals surface area (Å²) in [6, 6.07) is 9.79. The highest BCUT2D eigenvalue weighted by molar-refractivity contribution is 14.1. The van der Waals surface area contributed by atoms with E-state index in [0.717, 1.165) is 9.13 Å². The van der Waals surface area contributed by atoms with Crippen molar-refractivity contribution >= 4 is 44.5 Å². The molecule has 0 heterocycles. The van der Waals surface area contributed by atoms with Crippen molar-refractivity contribution < 1.29 is 18.7 Å². The molecule has 0 radical (unpaired) electrons. The highest BCUT2D eigenvalue weighted by Gasteiger charge is 2.13. The molecule has 0 bridgehead atoms.